The summed E-state index contributed by atoms with van der Waals surface area (Å²) >= 11 is 0. The van der Waals surface area contributed by atoms with Crippen molar-refractivity contribution in [1.29, 1.82) is 0 Å². The van der Waals surface area contributed by atoms with Crippen molar-refractivity contribution in [1.82, 2.24) is 5.43 Å². The van der Waals surface area contributed by atoms with E-state index in [9.17, 15) is 18.3 Å². The van der Waals surface area contributed by atoms with Gasteiger partial charge in [0.05, 0.1) is 17.7 Å². The fourth-order valence-electron chi connectivity index (χ4n) is 2.54. The number of carbonyl (C=O) groups is 1. The van der Waals surface area contributed by atoms with Gasteiger partial charge in [0.2, 0.25) is 10.0 Å². The summed E-state index contributed by atoms with van der Waals surface area (Å²) in [6.07, 6.45) is 1.05. The van der Waals surface area contributed by atoms with Crippen LogP contribution in [0.5, 0.6) is 5.75 Å². The van der Waals surface area contributed by atoms with Crippen LogP contribution in [0.2, 0.25) is 0 Å². The first-order valence-electron chi connectivity index (χ1n) is 8.26. The van der Waals surface area contributed by atoms with E-state index in [0.717, 1.165) is 21.7 Å². The number of hydrazone groups is 1. The minimum atomic E-state index is -3.67. The fourth-order valence-corrected chi connectivity index (χ4v) is 3.45. The molecule has 0 aliphatic heterocycles. The smallest absolute Gasteiger partial charge is 0.260 e. The number of nitrogens with zero attached hydrogens (tertiary/aromatic N) is 2. The number of para-hydroxylation sites is 1. The summed E-state index contributed by atoms with van der Waals surface area (Å²) < 4.78 is 25.5. The van der Waals surface area contributed by atoms with Gasteiger partial charge in [0.1, 0.15) is 12.3 Å². The quantitative estimate of drug-likeness (QED) is 0.585. The number of amides is 1. The highest BCUT2D eigenvalue weighted by Gasteiger charge is 2.22. The normalized spacial score (nSPS) is 11.9. The van der Waals surface area contributed by atoms with Gasteiger partial charge in [-0.1, -0.05) is 24.3 Å². The molecule has 2 aromatic carbocycles. The van der Waals surface area contributed by atoms with Gasteiger partial charge in [-0.2, -0.15) is 5.10 Å². The predicted octanol–water partition coefficient (Wildman–Crippen LogP) is 2.32. The van der Waals surface area contributed by atoms with Gasteiger partial charge in [0, 0.05) is 5.56 Å². The highest BCUT2D eigenvalue weighted by Crippen LogP contribution is 2.24. The van der Waals surface area contributed by atoms with Crippen LogP contribution in [0.25, 0.3) is 0 Å². The molecular weight excluding hydrogens is 366 g/mol. The van der Waals surface area contributed by atoms with Gasteiger partial charge in [0.25, 0.3) is 5.91 Å². The molecule has 0 radical (unpaired) electrons. The number of anilines is 1. The Hall–Kier alpha value is -2.87. The molecule has 0 aliphatic carbocycles. The third-order valence-electron chi connectivity index (χ3n) is 4.17. The maximum absolute atomic E-state index is 12.3. The van der Waals surface area contributed by atoms with Crippen LogP contribution >= 0.6 is 0 Å². The van der Waals surface area contributed by atoms with Crippen molar-refractivity contribution in [2.24, 2.45) is 5.10 Å². The van der Waals surface area contributed by atoms with Crippen LogP contribution in [0.1, 0.15) is 23.6 Å². The molecule has 0 fully saturated rings. The second kappa shape index (κ2) is 8.22. The maximum Gasteiger partial charge on any atom is 0.260 e. The average molecular weight is 389 g/mol. The first kappa shape index (κ1) is 20.4. The first-order chi connectivity index (χ1) is 12.6. The van der Waals surface area contributed by atoms with Gasteiger partial charge in [-0.3, -0.25) is 9.10 Å². The standard InChI is InChI=1S/C19H23N3O4S/c1-13-8-7-10-17(14(13)2)22(27(4,25)26)12-19(24)21-20-15(3)16-9-5-6-11-18(16)23/h5-11,23H,12H2,1-4H3,(H,21,24)/b20-15-. The number of phenols is 1. The molecule has 1 amide bonds. The second-order valence-corrected chi connectivity index (χ2v) is 8.14. The Morgan fingerprint density at radius 3 is 2.44 bits per heavy atom. The molecule has 8 heteroatoms. The Morgan fingerprint density at radius 1 is 1.15 bits per heavy atom. The number of benzene rings is 2. The third kappa shape index (κ3) is 5.07. The van der Waals surface area contributed by atoms with Crippen molar-refractivity contribution >= 4 is 27.3 Å². The van der Waals surface area contributed by atoms with Crippen molar-refractivity contribution in [3.63, 3.8) is 0 Å². The van der Waals surface area contributed by atoms with Crippen LogP contribution < -0.4 is 9.73 Å². The largest absolute Gasteiger partial charge is 0.507 e. The van der Waals surface area contributed by atoms with E-state index in [0.29, 0.717) is 17.0 Å². The lowest BCUT2D eigenvalue weighted by Crippen LogP contribution is -2.39. The van der Waals surface area contributed by atoms with E-state index in [1.807, 2.05) is 13.0 Å². The van der Waals surface area contributed by atoms with Gasteiger partial charge in [0.15, 0.2) is 0 Å². The molecule has 144 valence electrons. The van der Waals surface area contributed by atoms with Crippen molar-refractivity contribution in [2.45, 2.75) is 20.8 Å². The van der Waals surface area contributed by atoms with Gasteiger partial charge in [-0.05, 0) is 50.1 Å². The maximum atomic E-state index is 12.3. The van der Waals surface area contributed by atoms with Gasteiger partial charge < -0.3 is 5.11 Å². The number of aryl methyl sites for hydroxylation is 1. The van der Waals surface area contributed by atoms with Crippen LogP contribution in [0.15, 0.2) is 47.6 Å². The molecule has 0 atom stereocenters. The summed E-state index contributed by atoms with van der Waals surface area (Å²) in [5.74, 6) is -0.544. The highest BCUT2D eigenvalue weighted by molar-refractivity contribution is 7.92. The van der Waals surface area contributed by atoms with Crippen LogP contribution in [0, 0.1) is 13.8 Å². The van der Waals surface area contributed by atoms with E-state index >= 15 is 0 Å². The molecule has 0 aliphatic rings. The lowest BCUT2D eigenvalue weighted by atomic mass is 10.1. The Bertz CT molecular complexity index is 984. The Labute approximate surface area is 159 Å². The van der Waals surface area contributed by atoms with Crippen LogP contribution in [-0.2, 0) is 14.8 Å². The van der Waals surface area contributed by atoms with Crippen LogP contribution in [0.3, 0.4) is 0 Å². The fraction of sp³-hybridized carbons (Fsp3) is 0.263. The molecule has 2 aromatic rings. The SMILES string of the molecule is C/C(=N/NC(=O)CN(c1cccc(C)c1C)S(C)(=O)=O)c1ccccc1O. The number of hydrogen-bond donors (Lipinski definition) is 2. The zero-order valence-corrected chi connectivity index (χ0v) is 16.5. The molecule has 2 N–H and O–H groups in total. The topological polar surface area (TPSA) is 99.1 Å². The molecule has 27 heavy (non-hydrogen) atoms. The number of sulfonamides is 1. The Morgan fingerprint density at radius 2 is 1.81 bits per heavy atom. The van der Waals surface area contributed by atoms with E-state index in [4.69, 9.17) is 0 Å². The lowest BCUT2D eigenvalue weighted by Gasteiger charge is -2.24. The minimum absolute atomic E-state index is 0.0427. The zero-order chi connectivity index (χ0) is 20.2. The molecule has 0 heterocycles. The molecule has 0 aromatic heterocycles. The number of phenolic OH excluding ortho intramolecular Hbond substituents is 1. The van der Waals surface area contributed by atoms with Gasteiger partial charge in [-0.15, -0.1) is 0 Å². The summed E-state index contributed by atoms with van der Waals surface area (Å²) in [6, 6.07) is 11.9. The molecule has 0 bridgehead atoms. The Kier molecular flexibility index (Phi) is 6.22. The molecule has 0 spiro atoms. The van der Waals surface area contributed by atoms with Crippen LogP contribution in [-0.4, -0.2) is 37.9 Å². The number of nitrogens with one attached hydrogen (secondary N) is 1. The first-order valence-corrected chi connectivity index (χ1v) is 10.1. The molecular formula is C19H23N3O4S. The number of carbonyl (C=O) groups excluding carboxylic acids is 1. The van der Waals surface area contributed by atoms with Crippen molar-refractivity contribution in [2.75, 3.05) is 17.1 Å². The summed E-state index contributed by atoms with van der Waals surface area (Å²) in [6.45, 7) is 4.91. The molecule has 0 saturated carbocycles. The van der Waals surface area contributed by atoms with E-state index in [1.165, 1.54) is 6.07 Å². The van der Waals surface area contributed by atoms with E-state index in [1.54, 1.807) is 44.2 Å². The van der Waals surface area contributed by atoms with Gasteiger partial charge in [-0.25, -0.2) is 13.8 Å². The number of hydrogen-bond acceptors (Lipinski definition) is 5. The summed E-state index contributed by atoms with van der Waals surface area (Å²) in [5, 5.41) is 13.8. The number of aromatic hydroxyl groups is 1. The molecule has 2 rings (SSSR count). The lowest BCUT2D eigenvalue weighted by molar-refractivity contribution is -0.119. The monoisotopic (exact) mass is 389 g/mol. The molecule has 7 nitrogen and oxygen atoms in total. The van der Waals surface area contributed by atoms with Gasteiger partial charge >= 0.3 is 0 Å². The van der Waals surface area contributed by atoms with Crippen molar-refractivity contribution in [3.8, 4) is 5.75 Å². The summed E-state index contributed by atoms with van der Waals surface area (Å²) in [5.41, 5.74) is 5.39. The highest BCUT2D eigenvalue weighted by atomic mass is 32.2. The number of rotatable bonds is 6. The summed E-state index contributed by atoms with van der Waals surface area (Å²) in [4.78, 5) is 12.3. The third-order valence-corrected chi connectivity index (χ3v) is 5.30. The van der Waals surface area contributed by atoms with Crippen molar-refractivity contribution < 1.29 is 18.3 Å². The van der Waals surface area contributed by atoms with Crippen molar-refractivity contribution in [3.05, 3.63) is 59.2 Å². The van der Waals surface area contributed by atoms with E-state index in [-0.39, 0.29) is 5.75 Å². The Balaban J connectivity index is 2.21. The molecule has 0 unspecified atom stereocenters. The summed E-state index contributed by atoms with van der Waals surface area (Å²) in [7, 11) is -3.67. The average Bonchev–Trinajstić information content (AvgIpc) is 2.60. The second-order valence-electron chi connectivity index (χ2n) is 6.24. The zero-order valence-electron chi connectivity index (χ0n) is 15.7. The van der Waals surface area contributed by atoms with Crippen LogP contribution in [0.4, 0.5) is 5.69 Å². The van der Waals surface area contributed by atoms with E-state index in [2.05, 4.69) is 10.5 Å². The predicted molar refractivity (Wildman–Crippen MR) is 107 cm³/mol. The van der Waals surface area contributed by atoms with E-state index < -0.39 is 22.5 Å². The minimum Gasteiger partial charge on any atom is -0.507 e. The molecule has 0 saturated heterocycles.